The van der Waals surface area contributed by atoms with Crippen LogP contribution in [0.4, 0.5) is 4.79 Å². The maximum absolute atomic E-state index is 12.3. The van der Waals surface area contributed by atoms with Crippen LogP contribution >= 0.6 is 0 Å². The molecule has 0 unspecified atom stereocenters. The molecule has 0 saturated heterocycles. The van der Waals surface area contributed by atoms with Crippen molar-refractivity contribution in [1.82, 2.24) is 10.6 Å². The van der Waals surface area contributed by atoms with Crippen molar-refractivity contribution in [1.29, 1.82) is 0 Å². The van der Waals surface area contributed by atoms with E-state index in [2.05, 4.69) is 10.6 Å². The molecule has 0 radical (unpaired) electrons. The molecule has 0 spiro atoms. The molecule has 9 heteroatoms. The zero-order valence-electron chi connectivity index (χ0n) is 16.6. The van der Waals surface area contributed by atoms with Crippen LogP contribution in [0.1, 0.15) is 37.6 Å². The third-order valence-corrected chi connectivity index (χ3v) is 4.14. The van der Waals surface area contributed by atoms with Crippen molar-refractivity contribution in [2.75, 3.05) is 19.8 Å². The Morgan fingerprint density at radius 3 is 2.34 bits per heavy atom. The first kappa shape index (κ1) is 21.9. The van der Waals surface area contributed by atoms with Gasteiger partial charge in [0.25, 0.3) is 0 Å². The molecule has 0 bridgehead atoms. The number of Topliss-reactive ketones (excluding diaryl/α,β-unsaturated/α-hetero) is 1. The van der Waals surface area contributed by atoms with E-state index in [4.69, 9.17) is 14.2 Å². The molecule has 0 saturated carbocycles. The molecule has 156 valence electrons. The Labute approximate surface area is 168 Å². The fraction of sp³-hybridized carbons (Fsp3) is 0.400. The molecule has 1 aromatic carbocycles. The fourth-order valence-electron chi connectivity index (χ4n) is 2.70. The van der Waals surface area contributed by atoms with Crippen LogP contribution in [-0.4, -0.2) is 49.6 Å². The van der Waals surface area contributed by atoms with Crippen molar-refractivity contribution >= 4 is 23.8 Å². The van der Waals surface area contributed by atoms with Crippen LogP contribution < -0.4 is 15.4 Å². The Balaban J connectivity index is 1.99. The van der Waals surface area contributed by atoms with E-state index in [9.17, 15) is 19.2 Å². The van der Waals surface area contributed by atoms with E-state index in [1.165, 1.54) is 6.92 Å². The first-order chi connectivity index (χ1) is 13.8. The molecule has 2 N–H and O–H groups in total. The molecule has 29 heavy (non-hydrogen) atoms. The van der Waals surface area contributed by atoms with Gasteiger partial charge in [-0.15, -0.1) is 0 Å². The highest BCUT2D eigenvalue weighted by molar-refractivity contribution is 5.95. The lowest BCUT2D eigenvalue weighted by Crippen LogP contribution is -2.51. The van der Waals surface area contributed by atoms with Gasteiger partial charge in [0.15, 0.2) is 12.4 Å². The number of carbonyl (C=O) groups is 4. The monoisotopic (exact) mass is 404 g/mol. The molecular formula is C20H24N2O7. The number of urea groups is 1. The van der Waals surface area contributed by atoms with Gasteiger partial charge in [0.1, 0.15) is 12.4 Å². The first-order valence-corrected chi connectivity index (χ1v) is 9.22. The third kappa shape index (κ3) is 6.06. The number of nitrogens with one attached hydrogen (secondary N) is 2. The summed E-state index contributed by atoms with van der Waals surface area (Å²) in [6.45, 7) is 4.44. The van der Waals surface area contributed by atoms with Gasteiger partial charge in [-0.1, -0.05) is 6.92 Å². The number of ether oxygens (including phenoxy) is 3. The summed E-state index contributed by atoms with van der Waals surface area (Å²) >= 11 is 0. The zero-order chi connectivity index (χ0) is 21.4. The van der Waals surface area contributed by atoms with Crippen LogP contribution in [0.25, 0.3) is 0 Å². The maximum Gasteiger partial charge on any atom is 0.344 e. The minimum Gasteiger partial charge on any atom is -0.482 e. The highest BCUT2D eigenvalue weighted by Crippen LogP contribution is 2.17. The summed E-state index contributed by atoms with van der Waals surface area (Å²) in [5.74, 6) is -0.937. The van der Waals surface area contributed by atoms with Crippen LogP contribution in [0.3, 0.4) is 0 Å². The van der Waals surface area contributed by atoms with Gasteiger partial charge in [-0.05, 0) is 44.5 Å². The Morgan fingerprint density at radius 2 is 1.76 bits per heavy atom. The van der Waals surface area contributed by atoms with E-state index in [0.717, 1.165) is 0 Å². The van der Waals surface area contributed by atoms with Crippen LogP contribution in [0.15, 0.2) is 35.5 Å². The lowest BCUT2D eigenvalue weighted by molar-refractivity contribution is -0.145. The SMILES string of the molecule is CCOC(=O)C1=C(COC(=O)COc2ccc(C(C)=O)cc2)NC(=O)N[C@@H]1CC. The van der Waals surface area contributed by atoms with E-state index < -0.39 is 24.0 Å². The molecule has 2 amide bonds. The van der Waals surface area contributed by atoms with Crippen LogP contribution in [0, 0.1) is 0 Å². The number of benzene rings is 1. The van der Waals surface area contributed by atoms with Crippen LogP contribution in [-0.2, 0) is 19.1 Å². The van der Waals surface area contributed by atoms with Gasteiger partial charge < -0.3 is 24.8 Å². The Bertz CT molecular complexity index is 815. The largest absolute Gasteiger partial charge is 0.482 e. The van der Waals surface area contributed by atoms with Crippen LogP contribution in [0.5, 0.6) is 5.75 Å². The second-order valence-electron chi connectivity index (χ2n) is 6.20. The zero-order valence-corrected chi connectivity index (χ0v) is 16.6. The van der Waals surface area contributed by atoms with Crippen molar-refractivity contribution in [3.05, 3.63) is 41.1 Å². The number of rotatable bonds is 9. The van der Waals surface area contributed by atoms with E-state index in [-0.39, 0.29) is 36.9 Å². The number of carbonyl (C=O) groups excluding carboxylic acids is 4. The summed E-state index contributed by atoms with van der Waals surface area (Å²) in [7, 11) is 0. The molecule has 1 aromatic rings. The summed E-state index contributed by atoms with van der Waals surface area (Å²) in [6.07, 6.45) is 0.471. The number of ketones is 1. The molecule has 0 fully saturated rings. The maximum atomic E-state index is 12.3. The number of hydrogen-bond donors (Lipinski definition) is 2. The van der Waals surface area contributed by atoms with Gasteiger partial charge in [-0.25, -0.2) is 14.4 Å². The van der Waals surface area contributed by atoms with E-state index in [0.29, 0.717) is 17.7 Å². The average Bonchev–Trinajstić information content (AvgIpc) is 2.70. The summed E-state index contributed by atoms with van der Waals surface area (Å²) in [5, 5.41) is 5.13. The fourth-order valence-corrected chi connectivity index (χ4v) is 2.70. The number of amides is 2. The molecule has 2 rings (SSSR count). The smallest absolute Gasteiger partial charge is 0.344 e. The Hall–Kier alpha value is -3.36. The molecule has 1 aliphatic heterocycles. The van der Waals surface area contributed by atoms with Gasteiger partial charge in [-0.2, -0.15) is 0 Å². The molecule has 9 nitrogen and oxygen atoms in total. The average molecular weight is 404 g/mol. The number of hydrogen-bond acceptors (Lipinski definition) is 7. The summed E-state index contributed by atoms with van der Waals surface area (Å²) in [4.78, 5) is 47.3. The van der Waals surface area contributed by atoms with Gasteiger partial charge >= 0.3 is 18.0 Å². The van der Waals surface area contributed by atoms with Gasteiger partial charge in [0.2, 0.25) is 0 Å². The van der Waals surface area contributed by atoms with Crippen molar-refractivity contribution in [2.45, 2.75) is 33.2 Å². The first-order valence-electron chi connectivity index (χ1n) is 9.22. The summed E-state index contributed by atoms with van der Waals surface area (Å²) < 4.78 is 15.5. The minimum atomic E-state index is -0.683. The standard InChI is InChI=1S/C20H24N2O7/c1-4-15-18(19(25)27-5-2)16(22-20(26)21-15)10-29-17(24)11-28-14-8-6-13(7-9-14)12(3)23/h6-9,15H,4-5,10-11H2,1-3H3,(H2,21,22,26)/t15-/m1/s1. The van der Waals surface area contributed by atoms with Gasteiger partial charge in [0, 0.05) is 5.56 Å². The highest BCUT2D eigenvalue weighted by atomic mass is 16.6. The third-order valence-electron chi connectivity index (χ3n) is 4.14. The second kappa shape index (κ2) is 10.3. The Kier molecular flexibility index (Phi) is 7.76. The Morgan fingerprint density at radius 1 is 1.07 bits per heavy atom. The van der Waals surface area contributed by atoms with E-state index >= 15 is 0 Å². The molecule has 0 aromatic heterocycles. The molecule has 1 atom stereocenters. The van der Waals surface area contributed by atoms with Crippen molar-refractivity contribution in [3.63, 3.8) is 0 Å². The van der Waals surface area contributed by atoms with E-state index in [1.54, 1.807) is 31.2 Å². The number of esters is 2. The molecule has 1 aliphatic rings. The van der Waals surface area contributed by atoms with Gasteiger partial charge in [0.05, 0.1) is 23.9 Å². The minimum absolute atomic E-state index is 0.0731. The predicted molar refractivity (Wildman–Crippen MR) is 102 cm³/mol. The normalized spacial score (nSPS) is 15.8. The lowest BCUT2D eigenvalue weighted by atomic mass is 10.0. The lowest BCUT2D eigenvalue weighted by Gasteiger charge is -2.28. The van der Waals surface area contributed by atoms with Crippen molar-refractivity contribution in [2.24, 2.45) is 0 Å². The van der Waals surface area contributed by atoms with Crippen molar-refractivity contribution in [3.8, 4) is 5.75 Å². The predicted octanol–water partition coefficient (Wildman–Crippen LogP) is 1.72. The summed E-state index contributed by atoms with van der Waals surface area (Å²) in [5.41, 5.74) is 0.936. The molecule has 1 heterocycles. The molecular weight excluding hydrogens is 380 g/mol. The topological polar surface area (TPSA) is 120 Å². The second-order valence-corrected chi connectivity index (χ2v) is 6.20. The quantitative estimate of drug-likeness (QED) is 0.475. The summed E-state index contributed by atoms with van der Waals surface area (Å²) in [6, 6.07) is 5.31. The van der Waals surface area contributed by atoms with Gasteiger partial charge in [-0.3, -0.25) is 4.79 Å². The molecule has 0 aliphatic carbocycles. The highest BCUT2D eigenvalue weighted by Gasteiger charge is 2.32. The van der Waals surface area contributed by atoms with E-state index in [1.807, 2.05) is 6.92 Å². The van der Waals surface area contributed by atoms with Crippen LogP contribution in [0.2, 0.25) is 0 Å². The van der Waals surface area contributed by atoms with Crippen molar-refractivity contribution < 1.29 is 33.4 Å².